The fourth-order valence-electron chi connectivity index (χ4n) is 2.99. The maximum absolute atomic E-state index is 12.5. The molecule has 0 saturated carbocycles. The SMILES string of the molecule is CC[C@@H](C)[C@H](NC(=O)c1ccco1)c1nc(-c2cc(OC)c(OC)c(OC)c2)no1. The number of hydrogen-bond acceptors (Lipinski definition) is 8. The molecule has 0 fully saturated rings. The third-order valence-corrected chi connectivity index (χ3v) is 4.88. The van der Waals surface area contributed by atoms with Gasteiger partial charge in [-0.15, -0.1) is 0 Å². The van der Waals surface area contributed by atoms with Gasteiger partial charge >= 0.3 is 0 Å². The van der Waals surface area contributed by atoms with Crippen LogP contribution in [0.5, 0.6) is 17.2 Å². The lowest BCUT2D eigenvalue weighted by Gasteiger charge is -2.20. The molecular formula is C21H25N3O6. The zero-order valence-electron chi connectivity index (χ0n) is 17.6. The van der Waals surface area contributed by atoms with Gasteiger partial charge in [0, 0.05) is 5.56 Å². The highest BCUT2D eigenvalue weighted by Gasteiger charge is 2.28. The van der Waals surface area contributed by atoms with Crippen LogP contribution in [0.3, 0.4) is 0 Å². The van der Waals surface area contributed by atoms with Crippen LogP contribution in [0.2, 0.25) is 0 Å². The van der Waals surface area contributed by atoms with Crippen LogP contribution in [-0.4, -0.2) is 37.4 Å². The molecular weight excluding hydrogens is 390 g/mol. The minimum atomic E-state index is -0.476. The number of nitrogens with zero attached hydrogens (tertiary/aromatic N) is 2. The molecule has 0 aliphatic carbocycles. The van der Waals surface area contributed by atoms with Crippen LogP contribution < -0.4 is 19.5 Å². The van der Waals surface area contributed by atoms with Crippen LogP contribution in [0.1, 0.15) is 42.8 Å². The maximum atomic E-state index is 12.5. The number of aromatic nitrogens is 2. The molecule has 1 N–H and O–H groups in total. The van der Waals surface area contributed by atoms with Crippen molar-refractivity contribution in [2.75, 3.05) is 21.3 Å². The van der Waals surface area contributed by atoms with E-state index in [2.05, 4.69) is 15.5 Å². The van der Waals surface area contributed by atoms with E-state index in [1.807, 2.05) is 13.8 Å². The van der Waals surface area contributed by atoms with Gasteiger partial charge in [-0.2, -0.15) is 4.98 Å². The van der Waals surface area contributed by atoms with Crippen LogP contribution in [0.15, 0.2) is 39.5 Å². The third-order valence-electron chi connectivity index (χ3n) is 4.88. The lowest BCUT2D eigenvalue weighted by Crippen LogP contribution is -2.32. The van der Waals surface area contributed by atoms with E-state index < -0.39 is 6.04 Å². The molecule has 3 rings (SSSR count). The first-order valence-corrected chi connectivity index (χ1v) is 9.50. The van der Waals surface area contributed by atoms with Gasteiger partial charge in [0.2, 0.25) is 17.5 Å². The van der Waals surface area contributed by atoms with Crippen LogP contribution in [0, 0.1) is 5.92 Å². The lowest BCUT2D eigenvalue weighted by molar-refractivity contribution is 0.0882. The Hall–Kier alpha value is -3.49. The molecule has 2 heterocycles. The van der Waals surface area contributed by atoms with Gasteiger partial charge in [0.05, 0.1) is 27.6 Å². The first-order valence-electron chi connectivity index (χ1n) is 9.50. The highest BCUT2D eigenvalue weighted by molar-refractivity contribution is 5.91. The minimum absolute atomic E-state index is 0.0529. The Morgan fingerprint density at radius 2 is 1.87 bits per heavy atom. The van der Waals surface area contributed by atoms with Crippen molar-refractivity contribution in [2.45, 2.75) is 26.3 Å². The van der Waals surface area contributed by atoms with Gasteiger partial charge in [0.1, 0.15) is 6.04 Å². The average molecular weight is 415 g/mol. The number of hydrogen-bond donors (Lipinski definition) is 1. The van der Waals surface area contributed by atoms with Crippen molar-refractivity contribution in [3.8, 4) is 28.6 Å². The molecule has 9 heteroatoms. The zero-order chi connectivity index (χ0) is 21.7. The van der Waals surface area contributed by atoms with Gasteiger partial charge in [-0.25, -0.2) is 0 Å². The molecule has 0 aliphatic rings. The molecule has 1 aromatic carbocycles. The van der Waals surface area contributed by atoms with E-state index in [0.29, 0.717) is 34.5 Å². The van der Waals surface area contributed by atoms with Crippen molar-refractivity contribution < 1.29 is 27.9 Å². The fraction of sp³-hybridized carbons (Fsp3) is 0.381. The van der Waals surface area contributed by atoms with Crippen LogP contribution >= 0.6 is 0 Å². The van der Waals surface area contributed by atoms with Crippen molar-refractivity contribution in [1.29, 1.82) is 0 Å². The molecule has 0 unspecified atom stereocenters. The standard InChI is InChI=1S/C21H25N3O6/c1-6-12(2)17(22-20(25)14-8-7-9-29-14)21-23-19(24-30-21)13-10-15(26-3)18(28-5)16(11-13)27-4/h7-12,17H,6H2,1-5H3,(H,22,25)/t12-,17+/m1/s1. The predicted octanol–water partition coefficient (Wildman–Crippen LogP) is 3.87. The molecule has 30 heavy (non-hydrogen) atoms. The van der Waals surface area contributed by atoms with E-state index in [-0.39, 0.29) is 17.6 Å². The van der Waals surface area contributed by atoms with E-state index in [1.165, 1.54) is 27.6 Å². The molecule has 0 bridgehead atoms. The summed E-state index contributed by atoms with van der Waals surface area (Å²) >= 11 is 0. The Morgan fingerprint density at radius 3 is 2.40 bits per heavy atom. The molecule has 0 radical (unpaired) electrons. The topological polar surface area (TPSA) is 109 Å². The molecule has 9 nitrogen and oxygen atoms in total. The number of benzene rings is 1. The Labute approximate surface area is 174 Å². The Morgan fingerprint density at radius 1 is 1.17 bits per heavy atom. The Bertz CT molecular complexity index is 958. The maximum Gasteiger partial charge on any atom is 0.287 e. The second kappa shape index (κ2) is 9.34. The molecule has 0 aliphatic heterocycles. The first kappa shape index (κ1) is 21.2. The summed E-state index contributed by atoms with van der Waals surface area (Å²) in [6.45, 7) is 4.02. The van der Waals surface area contributed by atoms with E-state index in [9.17, 15) is 4.79 Å². The first-order chi connectivity index (χ1) is 14.5. The van der Waals surface area contributed by atoms with Gasteiger partial charge in [-0.05, 0) is 30.2 Å². The van der Waals surface area contributed by atoms with E-state index >= 15 is 0 Å². The van der Waals surface area contributed by atoms with Crippen molar-refractivity contribution in [1.82, 2.24) is 15.5 Å². The van der Waals surface area contributed by atoms with Crippen molar-refractivity contribution in [3.63, 3.8) is 0 Å². The minimum Gasteiger partial charge on any atom is -0.493 e. The van der Waals surface area contributed by atoms with Crippen LogP contribution in [0.25, 0.3) is 11.4 Å². The summed E-state index contributed by atoms with van der Waals surface area (Å²) in [5, 5.41) is 7.00. The number of nitrogens with one attached hydrogen (secondary N) is 1. The molecule has 2 atom stereocenters. The van der Waals surface area contributed by atoms with E-state index in [4.69, 9.17) is 23.2 Å². The number of ether oxygens (including phenoxy) is 3. The molecule has 160 valence electrons. The quantitative estimate of drug-likeness (QED) is 0.561. The molecule has 3 aromatic rings. The third kappa shape index (κ3) is 4.24. The van der Waals surface area contributed by atoms with Crippen LogP contribution in [-0.2, 0) is 0 Å². The number of carbonyl (C=O) groups is 1. The molecule has 2 aromatic heterocycles. The van der Waals surface area contributed by atoms with Gasteiger partial charge in [0.15, 0.2) is 17.3 Å². The largest absolute Gasteiger partial charge is 0.493 e. The van der Waals surface area contributed by atoms with Crippen molar-refractivity contribution >= 4 is 5.91 Å². The summed E-state index contributed by atoms with van der Waals surface area (Å²) in [5.41, 5.74) is 0.625. The van der Waals surface area contributed by atoms with Crippen molar-refractivity contribution in [3.05, 3.63) is 42.2 Å². The van der Waals surface area contributed by atoms with Crippen LogP contribution in [0.4, 0.5) is 0 Å². The number of amides is 1. The summed E-state index contributed by atoms with van der Waals surface area (Å²) < 4.78 is 26.8. The number of carbonyl (C=O) groups excluding carboxylic acids is 1. The summed E-state index contributed by atoms with van der Waals surface area (Å²) in [4.78, 5) is 17.0. The van der Waals surface area contributed by atoms with Gasteiger partial charge in [0.25, 0.3) is 5.91 Å². The monoisotopic (exact) mass is 415 g/mol. The molecule has 0 spiro atoms. The molecule has 0 saturated heterocycles. The van der Waals surface area contributed by atoms with Gasteiger partial charge in [-0.3, -0.25) is 4.79 Å². The fourth-order valence-corrected chi connectivity index (χ4v) is 2.99. The highest BCUT2D eigenvalue weighted by atomic mass is 16.5. The van der Waals surface area contributed by atoms with Gasteiger partial charge in [-0.1, -0.05) is 25.4 Å². The predicted molar refractivity (Wildman–Crippen MR) is 108 cm³/mol. The number of furan rings is 1. The summed E-state index contributed by atoms with van der Waals surface area (Å²) in [7, 11) is 4.60. The van der Waals surface area contributed by atoms with E-state index in [0.717, 1.165) is 6.42 Å². The van der Waals surface area contributed by atoms with Crippen molar-refractivity contribution in [2.24, 2.45) is 5.92 Å². The summed E-state index contributed by atoms with van der Waals surface area (Å²) in [6, 6.07) is 6.24. The molecule has 1 amide bonds. The summed E-state index contributed by atoms with van der Waals surface area (Å²) in [5.74, 6) is 1.97. The van der Waals surface area contributed by atoms with Gasteiger partial charge < -0.3 is 28.5 Å². The Balaban J connectivity index is 1.93. The normalized spacial score (nSPS) is 12.8. The number of rotatable bonds is 9. The number of methoxy groups -OCH3 is 3. The summed E-state index contributed by atoms with van der Waals surface area (Å²) in [6.07, 6.45) is 2.24. The van der Waals surface area contributed by atoms with E-state index in [1.54, 1.807) is 24.3 Å². The lowest BCUT2D eigenvalue weighted by atomic mass is 9.99. The highest BCUT2D eigenvalue weighted by Crippen LogP contribution is 2.40. The average Bonchev–Trinajstić information content (AvgIpc) is 3.48. The second-order valence-corrected chi connectivity index (χ2v) is 6.68. The second-order valence-electron chi connectivity index (χ2n) is 6.68. The Kier molecular flexibility index (Phi) is 6.61. The zero-order valence-corrected chi connectivity index (χ0v) is 17.6. The smallest absolute Gasteiger partial charge is 0.287 e.